The fraction of sp³-hybridized carbons (Fsp3) is 0.543. The average Bonchev–Trinajstić information content (AvgIpc) is 3.59. The number of carbonyl (C=O) groups excluding carboxylic acids is 5. The summed E-state index contributed by atoms with van der Waals surface area (Å²) in [5.41, 5.74) is 0.605. The summed E-state index contributed by atoms with van der Waals surface area (Å²) in [5, 5.41) is 11.6. The Morgan fingerprint density at radius 3 is 2.37 bits per heavy atom. The Kier molecular flexibility index (Phi) is 10.4. The van der Waals surface area contributed by atoms with Gasteiger partial charge < -0.3 is 26.2 Å². The highest BCUT2D eigenvalue weighted by Gasteiger charge is 2.61. The second-order valence-corrected chi connectivity index (χ2v) is 13.4. The number of likely N-dealkylation sites (tertiary alicyclic amines) is 1. The minimum Gasteiger partial charge on any atom is -0.358 e. The molecule has 2 fully saturated rings. The van der Waals surface area contributed by atoms with Crippen LogP contribution in [-0.4, -0.2) is 64.0 Å². The van der Waals surface area contributed by atoms with Crippen LogP contribution in [0.25, 0.3) is 0 Å². The molecule has 1 aromatic carbocycles. The third kappa shape index (κ3) is 7.57. The number of nitrogens with zero attached hydrogens (tertiary/aromatic N) is 2. The van der Waals surface area contributed by atoms with Gasteiger partial charge in [0.2, 0.25) is 23.5 Å². The quantitative estimate of drug-likeness (QED) is 0.329. The molecule has 5 rings (SSSR count). The van der Waals surface area contributed by atoms with Crippen molar-refractivity contribution in [2.45, 2.75) is 96.7 Å². The Hall–Kier alpha value is -4.28. The lowest BCUT2D eigenvalue weighted by Gasteiger charge is -2.31. The van der Waals surface area contributed by atoms with Gasteiger partial charge in [-0.2, -0.15) is 0 Å². The number of amides is 4. The molecule has 2 aliphatic heterocycles. The first-order chi connectivity index (χ1) is 22.1. The van der Waals surface area contributed by atoms with E-state index in [1.165, 1.54) is 0 Å². The summed E-state index contributed by atoms with van der Waals surface area (Å²) in [4.78, 5) is 73.5. The molecule has 1 saturated heterocycles. The molecule has 3 aliphatic rings. The lowest BCUT2D eigenvalue weighted by atomic mass is 9.97. The number of rotatable bonds is 7. The van der Waals surface area contributed by atoms with Gasteiger partial charge >= 0.3 is 0 Å². The number of carbonyl (C=O) groups is 5. The zero-order chi connectivity index (χ0) is 32.8. The van der Waals surface area contributed by atoms with Crippen molar-refractivity contribution in [1.82, 2.24) is 15.2 Å². The summed E-state index contributed by atoms with van der Waals surface area (Å²) in [7, 11) is 0. The number of benzene rings is 1. The number of hydrogen-bond acceptors (Lipinski definition) is 7. The third-order valence-corrected chi connectivity index (χ3v) is 9.75. The number of Topliss-reactive ketones (excluding diaryl/α,β-unsaturated/α-hetero) is 1. The van der Waals surface area contributed by atoms with E-state index in [4.69, 9.17) is 0 Å². The second kappa shape index (κ2) is 14.4. The predicted octanol–water partition coefficient (Wildman–Crippen LogP) is 4.52. The Bertz CT molecular complexity index is 1450. The zero-order valence-electron chi connectivity index (χ0n) is 27.0. The summed E-state index contributed by atoms with van der Waals surface area (Å²) >= 11 is 0. The standard InChI is InChI=1S/C35H46N6O5/c1-4-23-19-35(23)20-27(41(21-35)34(46)30(22(2)3)40-28-16-11-12-18-36-28)32(44)39-26-15-7-5-6-8-17-29(42)37-24-13-9-10-14-25(24)38-33(45)31(26)43/h9-14,16,18,22-23,26-27,30H,4-8,15,17,19-21H2,1-3H3,(H,36,40)(H,37,42)(H,38,45)(H,39,44)/t23-,26?,27+,30?,35-/m1/s1. The Morgan fingerprint density at radius 2 is 1.70 bits per heavy atom. The van der Waals surface area contributed by atoms with E-state index in [1.807, 2.05) is 32.0 Å². The van der Waals surface area contributed by atoms with Crippen LogP contribution in [-0.2, 0) is 24.0 Å². The van der Waals surface area contributed by atoms with Crippen molar-refractivity contribution in [3.8, 4) is 0 Å². The van der Waals surface area contributed by atoms with E-state index in [-0.39, 0.29) is 29.6 Å². The van der Waals surface area contributed by atoms with Crippen LogP contribution in [0.2, 0.25) is 0 Å². The molecule has 246 valence electrons. The maximum Gasteiger partial charge on any atom is 0.294 e. The molecule has 4 amide bonds. The topological polar surface area (TPSA) is 150 Å². The van der Waals surface area contributed by atoms with Gasteiger partial charge in [-0.05, 0) is 67.2 Å². The number of para-hydroxylation sites is 2. The minimum atomic E-state index is -1.04. The fourth-order valence-corrected chi connectivity index (χ4v) is 7.01. The monoisotopic (exact) mass is 630 g/mol. The van der Waals surface area contributed by atoms with E-state index in [9.17, 15) is 24.0 Å². The molecule has 11 nitrogen and oxygen atoms in total. The zero-order valence-corrected chi connectivity index (χ0v) is 27.0. The molecule has 11 heteroatoms. The van der Waals surface area contributed by atoms with Gasteiger partial charge in [0, 0.05) is 19.2 Å². The van der Waals surface area contributed by atoms with Gasteiger partial charge in [0.05, 0.1) is 17.4 Å². The lowest BCUT2D eigenvalue weighted by Crippen LogP contribution is -2.55. The van der Waals surface area contributed by atoms with Crippen LogP contribution in [0.5, 0.6) is 0 Å². The van der Waals surface area contributed by atoms with Crippen LogP contribution in [0.15, 0.2) is 48.7 Å². The van der Waals surface area contributed by atoms with Crippen molar-refractivity contribution < 1.29 is 24.0 Å². The molecule has 2 aromatic rings. The SMILES string of the molecule is CC[C@@H]1C[C@]12C[C@@H](C(=O)NC1CCCCCCC(=O)Nc3ccccc3NC(=O)C1=O)N(C(=O)C(Nc1ccccn1)C(C)C)C2. The van der Waals surface area contributed by atoms with Gasteiger partial charge in [-0.15, -0.1) is 0 Å². The number of nitrogens with one attached hydrogen (secondary N) is 4. The van der Waals surface area contributed by atoms with Crippen LogP contribution in [0.1, 0.15) is 78.6 Å². The van der Waals surface area contributed by atoms with Gasteiger partial charge in [-0.25, -0.2) is 4.98 Å². The summed E-state index contributed by atoms with van der Waals surface area (Å²) < 4.78 is 0. The number of pyridine rings is 1. The molecule has 46 heavy (non-hydrogen) atoms. The minimum absolute atomic E-state index is 0.0755. The molecular formula is C35H46N6O5. The summed E-state index contributed by atoms with van der Waals surface area (Å²) in [6.45, 7) is 6.54. The summed E-state index contributed by atoms with van der Waals surface area (Å²) in [6, 6.07) is 9.80. The third-order valence-electron chi connectivity index (χ3n) is 9.75. The first kappa shape index (κ1) is 33.1. The maximum atomic E-state index is 14.2. The molecule has 0 radical (unpaired) electrons. The molecule has 4 N–H and O–H groups in total. The molecule has 1 aromatic heterocycles. The smallest absolute Gasteiger partial charge is 0.294 e. The molecule has 1 saturated carbocycles. The lowest BCUT2D eigenvalue weighted by molar-refractivity contribution is -0.141. The van der Waals surface area contributed by atoms with E-state index in [1.54, 1.807) is 35.4 Å². The molecule has 1 aliphatic carbocycles. The van der Waals surface area contributed by atoms with Crippen molar-refractivity contribution >= 4 is 46.6 Å². The first-order valence-electron chi connectivity index (χ1n) is 16.6. The van der Waals surface area contributed by atoms with Crippen molar-refractivity contribution in [2.75, 3.05) is 22.5 Å². The molecule has 2 unspecified atom stereocenters. The van der Waals surface area contributed by atoms with Crippen molar-refractivity contribution in [2.24, 2.45) is 17.3 Å². The van der Waals surface area contributed by atoms with Crippen LogP contribution < -0.4 is 21.3 Å². The van der Waals surface area contributed by atoms with Gasteiger partial charge in [0.15, 0.2) is 0 Å². The number of ketones is 1. The van der Waals surface area contributed by atoms with Crippen LogP contribution in [0.3, 0.4) is 0 Å². The number of fused-ring (bicyclic) bond motifs is 1. The average molecular weight is 631 g/mol. The normalized spacial score (nSPS) is 26.0. The maximum absolute atomic E-state index is 14.2. The fourth-order valence-electron chi connectivity index (χ4n) is 7.01. The van der Waals surface area contributed by atoms with Gasteiger partial charge in [0.25, 0.3) is 5.91 Å². The molecule has 1 spiro atoms. The molecule has 3 heterocycles. The largest absolute Gasteiger partial charge is 0.358 e. The van der Waals surface area contributed by atoms with Crippen LogP contribution in [0.4, 0.5) is 17.2 Å². The van der Waals surface area contributed by atoms with Gasteiger partial charge in [-0.1, -0.05) is 64.7 Å². The first-order valence-corrected chi connectivity index (χ1v) is 16.6. The summed E-state index contributed by atoms with van der Waals surface area (Å²) in [5.74, 6) is -1.42. The Morgan fingerprint density at radius 1 is 0.978 bits per heavy atom. The van der Waals surface area contributed by atoms with E-state index in [2.05, 4.69) is 33.2 Å². The van der Waals surface area contributed by atoms with Gasteiger partial charge in [-0.3, -0.25) is 24.0 Å². The molecule has 5 atom stereocenters. The number of anilines is 3. The Labute approximate surface area is 270 Å². The highest BCUT2D eigenvalue weighted by molar-refractivity contribution is 6.43. The molecular weight excluding hydrogens is 584 g/mol. The van der Waals surface area contributed by atoms with E-state index in [0.29, 0.717) is 55.3 Å². The summed E-state index contributed by atoms with van der Waals surface area (Å²) in [6.07, 6.45) is 7.56. The van der Waals surface area contributed by atoms with E-state index < -0.39 is 35.7 Å². The highest BCUT2D eigenvalue weighted by Crippen LogP contribution is 2.61. The van der Waals surface area contributed by atoms with Crippen molar-refractivity contribution in [3.63, 3.8) is 0 Å². The van der Waals surface area contributed by atoms with Crippen LogP contribution >= 0.6 is 0 Å². The number of aromatic nitrogens is 1. The van der Waals surface area contributed by atoms with Crippen molar-refractivity contribution in [1.29, 1.82) is 0 Å². The van der Waals surface area contributed by atoms with E-state index in [0.717, 1.165) is 25.7 Å². The molecule has 0 bridgehead atoms. The van der Waals surface area contributed by atoms with Crippen LogP contribution in [0, 0.1) is 17.3 Å². The van der Waals surface area contributed by atoms with Crippen molar-refractivity contribution in [3.05, 3.63) is 48.7 Å². The highest BCUT2D eigenvalue weighted by atomic mass is 16.2. The number of hydrogen-bond donors (Lipinski definition) is 4. The van der Waals surface area contributed by atoms with E-state index >= 15 is 0 Å². The second-order valence-electron chi connectivity index (χ2n) is 13.4. The van der Waals surface area contributed by atoms with Gasteiger partial charge in [0.1, 0.15) is 17.9 Å². The predicted molar refractivity (Wildman–Crippen MR) is 176 cm³/mol. The Balaban J connectivity index is 1.36.